The minimum atomic E-state index is 0.879. The summed E-state index contributed by atoms with van der Waals surface area (Å²) in [5.41, 5.74) is 2.08. The summed E-state index contributed by atoms with van der Waals surface area (Å²) >= 11 is 4.42. The van der Waals surface area contributed by atoms with Gasteiger partial charge in [-0.2, -0.15) is 0 Å². The average molecular weight is 231 g/mol. The van der Waals surface area contributed by atoms with E-state index in [9.17, 15) is 0 Å². The maximum Gasteiger partial charge on any atom is 0.0598 e. The lowest BCUT2D eigenvalue weighted by molar-refractivity contribution is 1.21. The van der Waals surface area contributed by atoms with Crippen LogP contribution in [0, 0.1) is 0 Å². The number of hydrogen-bond donors (Lipinski definition) is 1. The standard InChI is InChI=1S/C14H17NS/c1-5-8-10-13-11(4)15(16)14(9-6-2)12(13)7-3/h5-10,16H,3-4H2,1-2H3/b8-5-,9-6-,13-10+. The molecule has 0 atom stereocenters. The zero-order valence-corrected chi connectivity index (χ0v) is 10.7. The van der Waals surface area contributed by atoms with Crippen molar-refractivity contribution in [1.29, 1.82) is 0 Å². The number of aromatic nitrogens is 1. The average Bonchev–Trinajstić information content (AvgIpc) is 2.51. The summed E-state index contributed by atoms with van der Waals surface area (Å²) in [6, 6.07) is 0. The van der Waals surface area contributed by atoms with Gasteiger partial charge in [0.1, 0.15) is 0 Å². The van der Waals surface area contributed by atoms with Gasteiger partial charge in [0.25, 0.3) is 0 Å². The topological polar surface area (TPSA) is 4.93 Å². The Balaban J connectivity index is 3.69. The zero-order valence-electron chi connectivity index (χ0n) is 9.77. The van der Waals surface area contributed by atoms with Crippen LogP contribution >= 0.6 is 12.8 Å². The normalized spacial score (nSPS) is 13.1. The summed E-state index contributed by atoms with van der Waals surface area (Å²) < 4.78 is 1.78. The van der Waals surface area contributed by atoms with E-state index in [0.29, 0.717) is 0 Å². The largest absolute Gasteiger partial charge is 0.287 e. The SMILES string of the molecule is C=Cc1c(/C=C\C)n(S)c(=C)/c1=C\C=C/C. The van der Waals surface area contributed by atoms with E-state index in [1.165, 1.54) is 0 Å². The van der Waals surface area contributed by atoms with Crippen molar-refractivity contribution in [2.45, 2.75) is 13.8 Å². The molecule has 0 aliphatic carbocycles. The third kappa shape index (κ3) is 2.22. The molecule has 16 heavy (non-hydrogen) atoms. The van der Waals surface area contributed by atoms with Crippen LogP contribution in [0.25, 0.3) is 24.8 Å². The first-order chi connectivity index (χ1) is 7.67. The van der Waals surface area contributed by atoms with E-state index in [4.69, 9.17) is 0 Å². The summed E-state index contributed by atoms with van der Waals surface area (Å²) in [5, 5.41) is 1.95. The maximum atomic E-state index is 4.42. The first-order valence-corrected chi connectivity index (χ1v) is 5.58. The van der Waals surface area contributed by atoms with Crippen molar-refractivity contribution in [2.24, 2.45) is 0 Å². The molecule has 0 fully saturated rings. The van der Waals surface area contributed by atoms with Crippen LogP contribution in [-0.4, -0.2) is 3.97 Å². The number of hydrogen-bond acceptors (Lipinski definition) is 1. The molecule has 1 nitrogen and oxygen atoms in total. The molecule has 1 rings (SSSR count). The molecular weight excluding hydrogens is 214 g/mol. The fourth-order valence-electron chi connectivity index (χ4n) is 1.58. The quantitative estimate of drug-likeness (QED) is 0.763. The fraction of sp³-hybridized carbons (Fsp3) is 0.143. The summed E-state index contributed by atoms with van der Waals surface area (Å²) in [5.74, 6) is 0. The van der Waals surface area contributed by atoms with Gasteiger partial charge in [-0.15, -0.1) is 0 Å². The van der Waals surface area contributed by atoms with Crippen molar-refractivity contribution >= 4 is 37.6 Å². The molecule has 0 saturated carbocycles. The molecule has 0 aromatic carbocycles. The Morgan fingerprint density at radius 1 is 1.25 bits per heavy atom. The third-order valence-corrected chi connectivity index (χ3v) is 2.80. The van der Waals surface area contributed by atoms with E-state index in [-0.39, 0.29) is 0 Å². The monoisotopic (exact) mass is 231 g/mol. The third-order valence-electron chi connectivity index (χ3n) is 2.34. The Bertz CT molecular complexity index is 544. The van der Waals surface area contributed by atoms with Gasteiger partial charge in [0.15, 0.2) is 0 Å². The maximum absolute atomic E-state index is 4.42. The highest BCUT2D eigenvalue weighted by Crippen LogP contribution is 2.08. The first-order valence-electron chi connectivity index (χ1n) is 5.18. The molecular formula is C14H17NS. The molecule has 0 aliphatic heterocycles. The number of thiol groups is 1. The van der Waals surface area contributed by atoms with Crippen molar-refractivity contribution in [3.63, 3.8) is 0 Å². The molecule has 0 bridgehead atoms. The highest BCUT2D eigenvalue weighted by Gasteiger charge is 2.05. The molecule has 84 valence electrons. The van der Waals surface area contributed by atoms with Crippen LogP contribution in [0.2, 0.25) is 0 Å². The van der Waals surface area contributed by atoms with Gasteiger partial charge in [0.05, 0.1) is 11.0 Å². The lowest BCUT2D eigenvalue weighted by Crippen LogP contribution is -2.24. The van der Waals surface area contributed by atoms with E-state index in [1.54, 1.807) is 3.97 Å². The minimum absolute atomic E-state index is 0.879. The lowest BCUT2D eigenvalue weighted by Gasteiger charge is -1.96. The van der Waals surface area contributed by atoms with Crippen LogP contribution in [0.3, 0.4) is 0 Å². The van der Waals surface area contributed by atoms with Gasteiger partial charge < -0.3 is 0 Å². The molecule has 1 aromatic rings. The summed E-state index contributed by atoms with van der Waals surface area (Å²) in [7, 11) is 0. The van der Waals surface area contributed by atoms with Crippen LogP contribution < -0.4 is 10.6 Å². The van der Waals surface area contributed by atoms with Crippen molar-refractivity contribution < 1.29 is 0 Å². The Kier molecular flexibility index (Phi) is 4.44. The Hall–Kier alpha value is -1.41. The van der Waals surface area contributed by atoms with Crippen molar-refractivity contribution in [3.05, 3.63) is 46.6 Å². The molecule has 0 spiro atoms. The Labute approximate surface area is 102 Å². The van der Waals surface area contributed by atoms with Gasteiger partial charge >= 0.3 is 0 Å². The second-order valence-electron chi connectivity index (χ2n) is 3.37. The van der Waals surface area contributed by atoms with Crippen LogP contribution in [0.5, 0.6) is 0 Å². The van der Waals surface area contributed by atoms with Crippen LogP contribution in [0.1, 0.15) is 25.1 Å². The number of nitrogens with zero attached hydrogens (tertiary/aromatic N) is 1. The van der Waals surface area contributed by atoms with Gasteiger partial charge in [-0.05, 0) is 19.9 Å². The second kappa shape index (κ2) is 5.61. The van der Waals surface area contributed by atoms with E-state index in [0.717, 1.165) is 21.8 Å². The fourth-order valence-corrected chi connectivity index (χ4v) is 1.86. The molecule has 1 heterocycles. The van der Waals surface area contributed by atoms with Crippen LogP contribution in [0.4, 0.5) is 0 Å². The van der Waals surface area contributed by atoms with Gasteiger partial charge in [0, 0.05) is 10.8 Å². The van der Waals surface area contributed by atoms with E-state index < -0.39 is 0 Å². The Morgan fingerprint density at radius 3 is 2.44 bits per heavy atom. The summed E-state index contributed by atoms with van der Waals surface area (Å²) in [4.78, 5) is 0. The summed E-state index contributed by atoms with van der Waals surface area (Å²) in [6.07, 6.45) is 11.8. The van der Waals surface area contributed by atoms with Crippen molar-refractivity contribution in [3.8, 4) is 0 Å². The number of rotatable bonds is 3. The van der Waals surface area contributed by atoms with E-state index in [1.807, 2.05) is 50.3 Å². The van der Waals surface area contributed by atoms with Crippen LogP contribution in [0.15, 0.2) is 24.8 Å². The molecule has 0 aliphatic rings. The Morgan fingerprint density at radius 2 is 1.94 bits per heavy atom. The molecule has 0 amide bonds. The van der Waals surface area contributed by atoms with E-state index in [2.05, 4.69) is 26.0 Å². The van der Waals surface area contributed by atoms with Gasteiger partial charge in [-0.3, -0.25) is 3.97 Å². The molecule has 0 N–H and O–H groups in total. The predicted octanol–water partition coefficient (Wildman–Crippen LogP) is 2.62. The molecule has 1 aromatic heterocycles. The predicted molar refractivity (Wildman–Crippen MR) is 77.7 cm³/mol. The van der Waals surface area contributed by atoms with E-state index >= 15 is 0 Å². The first kappa shape index (κ1) is 12.7. The van der Waals surface area contributed by atoms with Gasteiger partial charge in [0.2, 0.25) is 0 Å². The van der Waals surface area contributed by atoms with Gasteiger partial charge in [-0.25, -0.2) is 0 Å². The minimum Gasteiger partial charge on any atom is -0.287 e. The van der Waals surface area contributed by atoms with Gasteiger partial charge in [-0.1, -0.05) is 56.4 Å². The summed E-state index contributed by atoms with van der Waals surface area (Å²) in [6.45, 7) is 11.8. The molecule has 2 heteroatoms. The van der Waals surface area contributed by atoms with Crippen LogP contribution in [-0.2, 0) is 0 Å². The smallest absolute Gasteiger partial charge is 0.0598 e. The molecule has 0 radical (unpaired) electrons. The number of allylic oxidation sites excluding steroid dienone is 3. The second-order valence-corrected chi connectivity index (χ2v) is 3.77. The molecule has 0 unspecified atom stereocenters. The van der Waals surface area contributed by atoms with Crippen molar-refractivity contribution in [2.75, 3.05) is 0 Å². The lowest BCUT2D eigenvalue weighted by atomic mass is 10.2. The highest BCUT2D eigenvalue weighted by molar-refractivity contribution is 7.78. The van der Waals surface area contributed by atoms with Crippen molar-refractivity contribution in [1.82, 2.24) is 3.97 Å². The molecule has 0 saturated heterocycles. The highest BCUT2D eigenvalue weighted by atomic mass is 32.1. The zero-order chi connectivity index (χ0) is 12.1.